The highest BCUT2D eigenvalue weighted by Gasteiger charge is 2.19. The van der Waals surface area contributed by atoms with E-state index >= 15 is 0 Å². The SMILES string of the molecule is CN(CCc1ccc(Br)cc1)C(=O)CC1CCCN1. The Morgan fingerprint density at radius 1 is 1.42 bits per heavy atom. The Balaban J connectivity index is 1.75. The number of benzene rings is 1. The van der Waals surface area contributed by atoms with Gasteiger partial charge in [-0.15, -0.1) is 0 Å². The highest BCUT2D eigenvalue weighted by Crippen LogP contribution is 2.12. The molecule has 0 spiro atoms. The molecular formula is C15H21BrN2O. The van der Waals surface area contributed by atoms with Gasteiger partial charge in [0.25, 0.3) is 0 Å². The summed E-state index contributed by atoms with van der Waals surface area (Å²) < 4.78 is 1.09. The molecule has 4 heteroatoms. The van der Waals surface area contributed by atoms with Gasteiger partial charge >= 0.3 is 0 Å². The van der Waals surface area contributed by atoms with Gasteiger partial charge in [0.15, 0.2) is 0 Å². The minimum atomic E-state index is 0.247. The van der Waals surface area contributed by atoms with Gasteiger partial charge in [-0.1, -0.05) is 28.1 Å². The molecule has 1 aliphatic rings. The van der Waals surface area contributed by atoms with Gasteiger partial charge in [-0.3, -0.25) is 4.79 Å². The first-order valence-corrected chi connectivity index (χ1v) is 7.66. The zero-order valence-electron chi connectivity index (χ0n) is 11.4. The van der Waals surface area contributed by atoms with Gasteiger partial charge < -0.3 is 10.2 Å². The lowest BCUT2D eigenvalue weighted by atomic mass is 10.1. The molecule has 104 valence electrons. The van der Waals surface area contributed by atoms with E-state index in [9.17, 15) is 4.79 Å². The Bertz CT molecular complexity index is 413. The van der Waals surface area contributed by atoms with Crippen molar-refractivity contribution in [2.24, 2.45) is 0 Å². The fourth-order valence-electron chi connectivity index (χ4n) is 2.37. The second-order valence-electron chi connectivity index (χ2n) is 5.19. The van der Waals surface area contributed by atoms with Crippen LogP contribution in [0.25, 0.3) is 0 Å². The molecule has 1 heterocycles. The molecule has 0 bridgehead atoms. The first kappa shape index (κ1) is 14.5. The van der Waals surface area contributed by atoms with Crippen LogP contribution in [0.4, 0.5) is 0 Å². The second-order valence-corrected chi connectivity index (χ2v) is 6.10. The Labute approximate surface area is 123 Å². The predicted molar refractivity (Wildman–Crippen MR) is 81.1 cm³/mol. The van der Waals surface area contributed by atoms with Gasteiger partial charge in [0, 0.05) is 30.5 Å². The molecule has 1 aromatic rings. The fraction of sp³-hybridized carbons (Fsp3) is 0.533. The summed E-state index contributed by atoms with van der Waals surface area (Å²) in [5, 5.41) is 3.37. The summed E-state index contributed by atoms with van der Waals surface area (Å²) in [6, 6.07) is 8.67. The van der Waals surface area contributed by atoms with Gasteiger partial charge in [0.2, 0.25) is 5.91 Å². The van der Waals surface area contributed by atoms with Crippen LogP contribution in [0.2, 0.25) is 0 Å². The maximum Gasteiger partial charge on any atom is 0.223 e. The third kappa shape index (κ3) is 4.62. The lowest BCUT2D eigenvalue weighted by Gasteiger charge is -2.19. The first-order chi connectivity index (χ1) is 9.15. The van der Waals surface area contributed by atoms with Crippen molar-refractivity contribution in [1.82, 2.24) is 10.2 Å². The average Bonchev–Trinajstić information content (AvgIpc) is 2.90. The Hall–Kier alpha value is -0.870. The molecule has 1 aromatic carbocycles. The van der Waals surface area contributed by atoms with E-state index in [1.54, 1.807) is 0 Å². The molecule has 0 aromatic heterocycles. The third-order valence-electron chi connectivity index (χ3n) is 3.66. The smallest absolute Gasteiger partial charge is 0.223 e. The van der Waals surface area contributed by atoms with E-state index < -0.39 is 0 Å². The van der Waals surface area contributed by atoms with Crippen molar-refractivity contribution < 1.29 is 4.79 Å². The zero-order chi connectivity index (χ0) is 13.7. The molecule has 19 heavy (non-hydrogen) atoms. The molecule has 1 aliphatic heterocycles. The van der Waals surface area contributed by atoms with Crippen LogP contribution in [0.1, 0.15) is 24.8 Å². The molecule has 0 aliphatic carbocycles. The molecule has 3 nitrogen and oxygen atoms in total. The van der Waals surface area contributed by atoms with Gasteiger partial charge in [-0.2, -0.15) is 0 Å². The van der Waals surface area contributed by atoms with Crippen LogP contribution in [-0.4, -0.2) is 37.0 Å². The molecule has 2 rings (SSSR count). The molecule has 1 N–H and O–H groups in total. The predicted octanol–water partition coefficient (Wildman–Crippen LogP) is 2.59. The molecule has 1 unspecified atom stereocenters. The van der Waals surface area contributed by atoms with Crippen LogP contribution in [-0.2, 0) is 11.2 Å². The molecule has 1 atom stereocenters. The number of carbonyl (C=O) groups is 1. The van der Waals surface area contributed by atoms with E-state index in [1.807, 2.05) is 24.1 Å². The summed E-state index contributed by atoms with van der Waals surface area (Å²) in [6.07, 6.45) is 3.87. The molecule has 1 saturated heterocycles. The quantitative estimate of drug-likeness (QED) is 0.902. The van der Waals surface area contributed by atoms with E-state index in [0.29, 0.717) is 12.5 Å². The third-order valence-corrected chi connectivity index (χ3v) is 4.19. The second kappa shape index (κ2) is 7.06. The summed E-state index contributed by atoms with van der Waals surface area (Å²) in [7, 11) is 1.90. The number of likely N-dealkylation sites (N-methyl/N-ethyl adjacent to an activating group) is 1. The van der Waals surface area contributed by atoms with Crippen molar-refractivity contribution in [3.05, 3.63) is 34.3 Å². The van der Waals surface area contributed by atoms with Gasteiger partial charge in [-0.25, -0.2) is 0 Å². The highest BCUT2D eigenvalue weighted by atomic mass is 79.9. The van der Waals surface area contributed by atoms with Crippen LogP contribution in [0, 0.1) is 0 Å². The van der Waals surface area contributed by atoms with Crippen LogP contribution >= 0.6 is 15.9 Å². The normalized spacial score (nSPS) is 18.5. The number of rotatable bonds is 5. The van der Waals surface area contributed by atoms with Crippen LogP contribution < -0.4 is 5.32 Å². The molecule has 0 radical (unpaired) electrons. The Morgan fingerprint density at radius 2 is 2.16 bits per heavy atom. The maximum atomic E-state index is 12.1. The van der Waals surface area contributed by atoms with Crippen LogP contribution in [0.5, 0.6) is 0 Å². The van der Waals surface area contributed by atoms with E-state index in [4.69, 9.17) is 0 Å². The lowest BCUT2D eigenvalue weighted by Crippen LogP contribution is -2.34. The van der Waals surface area contributed by atoms with E-state index in [1.165, 1.54) is 12.0 Å². The fourth-order valence-corrected chi connectivity index (χ4v) is 2.63. The van der Waals surface area contributed by atoms with E-state index in [2.05, 4.69) is 33.4 Å². The average molecular weight is 325 g/mol. The molecule has 1 amide bonds. The standard InChI is InChI=1S/C15H21BrN2O/c1-18(15(19)11-14-3-2-9-17-14)10-8-12-4-6-13(16)7-5-12/h4-7,14,17H,2-3,8-11H2,1H3. The molecule has 0 saturated carbocycles. The van der Waals surface area contributed by atoms with Crippen LogP contribution in [0.15, 0.2) is 28.7 Å². The highest BCUT2D eigenvalue weighted by molar-refractivity contribution is 9.10. The number of hydrogen-bond acceptors (Lipinski definition) is 2. The number of amides is 1. The maximum absolute atomic E-state index is 12.1. The van der Waals surface area contributed by atoms with Crippen molar-refractivity contribution in [2.45, 2.75) is 31.7 Å². The monoisotopic (exact) mass is 324 g/mol. The minimum absolute atomic E-state index is 0.247. The Morgan fingerprint density at radius 3 is 2.79 bits per heavy atom. The molecule has 1 fully saturated rings. The lowest BCUT2D eigenvalue weighted by molar-refractivity contribution is -0.130. The summed E-state index contributed by atoms with van der Waals surface area (Å²) in [4.78, 5) is 13.9. The minimum Gasteiger partial charge on any atom is -0.345 e. The summed E-state index contributed by atoms with van der Waals surface area (Å²) in [5.41, 5.74) is 1.27. The number of halogens is 1. The van der Waals surface area contributed by atoms with Crippen molar-refractivity contribution >= 4 is 21.8 Å². The number of carbonyl (C=O) groups excluding carboxylic acids is 1. The number of nitrogens with one attached hydrogen (secondary N) is 1. The summed E-state index contributed by atoms with van der Waals surface area (Å²) in [6.45, 7) is 1.84. The summed E-state index contributed by atoms with van der Waals surface area (Å²) >= 11 is 3.43. The van der Waals surface area contributed by atoms with Gasteiger partial charge in [0.05, 0.1) is 0 Å². The van der Waals surface area contributed by atoms with Crippen LogP contribution in [0.3, 0.4) is 0 Å². The van der Waals surface area contributed by atoms with E-state index in [0.717, 1.165) is 30.4 Å². The topological polar surface area (TPSA) is 32.3 Å². The van der Waals surface area contributed by atoms with Crippen molar-refractivity contribution in [1.29, 1.82) is 0 Å². The summed E-state index contributed by atoms with van der Waals surface area (Å²) in [5.74, 6) is 0.247. The number of hydrogen-bond donors (Lipinski definition) is 1. The molecular weight excluding hydrogens is 304 g/mol. The number of nitrogens with zero attached hydrogens (tertiary/aromatic N) is 1. The first-order valence-electron chi connectivity index (χ1n) is 6.87. The van der Waals surface area contributed by atoms with Crippen molar-refractivity contribution in [3.63, 3.8) is 0 Å². The van der Waals surface area contributed by atoms with Gasteiger partial charge in [0.1, 0.15) is 0 Å². The van der Waals surface area contributed by atoms with Crippen molar-refractivity contribution in [3.8, 4) is 0 Å². The zero-order valence-corrected chi connectivity index (χ0v) is 12.9. The Kier molecular flexibility index (Phi) is 5.40. The largest absolute Gasteiger partial charge is 0.345 e. The van der Waals surface area contributed by atoms with Crippen molar-refractivity contribution in [2.75, 3.05) is 20.1 Å². The van der Waals surface area contributed by atoms with E-state index in [-0.39, 0.29) is 5.91 Å². The van der Waals surface area contributed by atoms with Gasteiger partial charge in [-0.05, 0) is 43.5 Å².